The second kappa shape index (κ2) is 8.23. The van der Waals surface area contributed by atoms with E-state index in [2.05, 4.69) is 102 Å². The molecule has 0 aromatic heterocycles. The topological polar surface area (TPSA) is 12.0 Å². The van der Waals surface area contributed by atoms with Crippen LogP contribution >= 0.6 is 0 Å². The summed E-state index contributed by atoms with van der Waals surface area (Å²) in [6.07, 6.45) is 3.56. The number of hydrogen-bond donors (Lipinski definition) is 1. The van der Waals surface area contributed by atoms with Crippen LogP contribution in [0, 0.1) is 0 Å². The first-order valence-electron chi connectivity index (χ1n) is 9.11. The summed E-state index contributed by atoms with van der Waals surface area (Å²) in [6.45, 7) is 6.83. The minimum absolute atomic E-state index is 0. The van der Waals surface area contributed by atoms with Gasteiger partial charge in [0, 0.05) is 0 Å². The van der Waals surface area contributed by atoms with Gasteiger partial charge in [-0.25, -0.2) is 0 Å². The number of allylic oxidation sites excluding steroid dienone is 4. The van der Waals surface area contributed by atoms with Crippen LogP contribution in [0.5, 0.6) is 0 Å². The molecule has 1 aliphatic carbocycles. The second-order valence-corrected chi connectivity index (χ2v) is 14.9. The van der Waals surface area contributed by atoms with Crippen LogP contribution in [0.2, 0.25) is 10.5 Å². The van der Waals surface area contributed by atoms with Crippen LogP contribution in [0.1, 0.15) is 38.3 Å². The summed E-state index contributed by atoms with van der Waals surface area (Å²) in [5.41, 5.74) is 5.70. The van der Waals surface area contributed by atoms with Crippen molar-refractivity contribution in [3.63, 3.8) is 0 Å². The van der Waals surface area contributed by atoms with Crippen LogP contribution in [0.3, 0.4) is 0 Å². The van der Waals surface area contributed by atoms with E-state index in [1.165, 1.54) is 22.3 Å². The van der Waals surface area contributed by atoms with Gasteiger partial charge in [-0.3, -0.25) is 0 Å². The Kier molecular flexibility index (Phi) is 6.68. The average molecular weight is 399 g/mol. The minimum atomic E-state index is -2.26. The van der Waals surface area contributed by atoms with E-state index in [0.29, 0.717) is 0 Å². The molecule has 0 heterocycles. The summed E-state index contributed by atoms with van der Waals surface area (Å²) >= 11 is -2.26. The Balaban J connectivity index is 0.00000243. The van der Waals surface area contributed by atoms with Crippen molar-refractivity contribution in [1.82, 2.24) is 3.80 Å². The molecule has 0 bridgehead atoms. The van der Waals surface area contributed by atoms with Gasteiger partial charge in [-0.15, -0.1) is 0 Å². The predicted molar refractivity (Wildman–Crippen MR) is 118 cm³/mol. The second-order valence-electron chi connectivity index (χ2n) is 8.47. The molecule has 0 aliphatic heterocycles. The fraction of sp³-hybridized carbons (Fsp3) is 0.304. The predicted octanol–water partition coefficient (Wildman–Crippen LogP) is 4.99. The molecule has 0 unspecified atom stereocenters. The SMILES string of the molecule is CC(C)(C)[NH][Ti]([CH3])([CH3])[C]1=CC(c2ccccc2)=C(c2ccccc2)C1.[SiH4]. The van der Waals surface area contributed by atoms with E-state index in [1.54, 1.807) is 3.88 Å². The molecule has 0 saturated heterocycles. The van der Waals surface area contributed by atoms with E-state index in [0.717, 1.165) is 6.42 Å². The summed E-state index contributed by atoms with van der Waals surface area (Å²) in [6, 6.07) is 21.7. The standard InChI is InChI=1S/C17H13.C4H10N.2CH3.H4Si.Ti/c1-3-8-14(9-4-1)16-12-7-13-17(16)15-10-5-2-6-11-15;1-4(2,3)5;;;;/h1-6,8-12H,13H2;5H,1-3H3;2*1H3;1H4;/q;-1;;;;+1. The Morgan fingerprint density at radius 3 is 1.81 bits per heavy atom. The zero-order valence-electron chi connectivity index (χ0n) is 16.1. The van der Waals surface area contributed by atoms with Crippen LogP contribution < -0.4 is 3.80 Å². The first kappa shape index (κ1) is 21.1. The third-order valence-electron chi connectivity index (χ3n) is 4.71. The van der Waals surface area contributed by atoms with Gasteiger partial charge >= 0.3 is 157 Å². The molecule has 1 N–H and O–H groups in total. The summed E-state index contributed by atoms with van der Waals surface area (Å²) in [5.74, 6) is 0. The maximum absolute atomic E-state index is 3.97. The maximum atomic E-state index is 3.97. The zero-order chi connectivity index (χ0) is 18.1. The molecule has 0 amide bonds. The molecule has 0 atom stereocenters. The fourth-order valence-electron chi connectivity index (χ4n) is 3.79. The van der Waals surface area contributed by atoms with Gasteiger partial charge < -0.3 is 0 Å². The molecule has 0 spiro atoms. The molecule has 1 nitrogen and oxygen atoms in total. The van der Waals surface area contributed by atoms with Crippen molar-refractivity contribution in [2.24, 2.45) is 0 Å². The molecule has 26 heavy (non-hydrogen) atoms. The van der Waals surface area contributed by atoms with E-state index < -0.39 is 16.8 Å². The van der Waals surface area contributed by atoms with E-state index in [1.807, 2.05) is 0 Å². The van der Waals surface area contributed by atoms with Gasteiger partial charge in [0.05, 0.1) is 0 Å². The number of hydrogen-bond acceptors (Lipinski definition) is 1. The monoisotopic (exact) mass is 399 g/mol. The molecule has 0 saturated carbocycles. The van der Waals surface area contributed by atoms with Crippen molar-refractivity contribution < 1.29 is 16.8 Å². The Bertz CT molecular complexity index is 799. The third-order valence-corrected chi connectivity index (χ3v) is 9.86. The molecular formula is C23H33NSiTi. The zero-order valence-corrected chi connectivity index (χ0v) is 17.6. The first-order chi connectivity index (χ1) is 11.8. The Labute approximate surface area is 167 Å². The molecule has 138 valence electrons. The van der Waals surface area contributed by atoms with Gasteiger partial charge in [0.1, 0.15) is 0 Å². The van der Waals surface area contributed by atoms with Crippen molar-refractivity contribution in [3.8, 4) is 0 Å². The van der Waals surface area contributed by atoms with Crippen molar-refractivity contribution in [3.05, 3.63) is 81.7 Å². The molecular weight excluding hydrogens is 366 g/mol. The van der Waals surface area contributed by atoms with Gasteiger partial charge in [-0.1, -0.05) is 0 Å². The number of nitrogens with one attached hydrogen (secondary N) is 1. The van der Waals surface area contributed by atoms with Crippen molar-refractivity contribution >= 4 is 22.1 Å². The van der Waals surface area contributed by atoms with Crippen LogP contribution in [0.15, 0.2) is 70.6 Å². The fourth-order valence-corrected chi connectivity index (χ4v) is 8.72. The minimum Gasteiger partial charge on any atom is -0.0149 e. The van der Waals surface area contributed by atoms with E-state index >= 15 is 0 Å². The molecule has 1 aliphatic rings. The van der Waals surface area contributed by atoms with Crippen LogP contribution in [-0.2, 0) is 16.8 Å². The van der Waals surface area contributed by atoms with Gasteiger partial charge in [-0.2, -0.15) is 0 Å². The summed E-state index contributed by atoms with van der Waals surface area (Å²) in [4.78, 5) is 0. The first-order valence-corrected chi connectivity index (χ1v) is 13.8. The van der Waals surface area contributed by atoms with Crippen LogP contribution in [0.25, 0.3) is 11.1 Å². The average Bonchev–Trinajstić information content (AvgIpc) is 3.00. The van der Waals surface area contributed by atoms with Gasteiger partial charge in [-0.05, 0) is 11.0 Å². The van der Waals surface area contributed by atoms with E-state index in [4.69, 9.17) is 0 Å². The molecule has 0 radical (unpaired) electrons. The van der Waals surface area contributed by atoms with Crippen LogP contribution in [0.4, 0.5) is 0 Å². The quantitative estimate of drug-likeness (QED) is 0.715. The molecule has 2 aromatic rings. The number of rotatable bonds is 4. The molecule has 0 fully saturated rings. The molecule has 3 heteroatoms. The van der Waals surface area contributed by atoms with Crippen molar-refractivity contribution in [2.45, 2.75) is 43.2 Å². The van der Waals surface area contributed by atoms with Gasteiger partial charge in [0.25, 0.3) is 0 Å². The van der Waals surface area contributed by atoms with Gasteiger partial charge in [0.15, 0.2) is 0 Å². The van der Waals surface area contributed by atoms with Crippen molar-refractivity contribution in [2.75, 3.05) is 0 Å². The summed E-state index contributed by atoms with van der Waals surface area (Å²) in [7, 11) is 0. The molecule has 3 rings (SSSR count). The van der Waals surface area contributed by atoms with Crippen molar-refractivity contribution in [1.29, 1.82) is 0 Å². The van der Waals surface area contributed by atoms with Gasteiger partial charge in [0.2, 0.25) is 0 Å². The summed E-state index contributed by atoms with van der Waals surface area (Å²) in [5, 5.41) is 4.96. The Morgan fingerprint density at radius 2 is 1.31 bits per heavy atom. The van der Waals surface area contributed by atoms with E-state index in [-0.39, 0.29) is 16.5 Å². The third kappa shape index (κ3) is 4.95. The Hall–Kier alpha value is -1.19. The molecule has 2 aromatic carbocycles. The van der Waals surface area contributed by atoms with E-state index in [9.17, 15) is 0 Å². The maximum Gasteiger partial charge on any atom is -0.0149 e. The Morgan fingerprint density at radius 1 is 0.808 bits per heavy atom. The number of benzene rings is 2. The largest absolute Gasteiger partial charge is 0.0149 e. The normalized spacial score (nSPS) is 14.9. The smallest absolute Gasteiger partial charge is 0.0149 e. The summed E-state index contributed by atoms with van der Waals surface area (Å²) < 4.78 is 5.61. The van der Waals surface area contributed by atoms with Crippen LogP contribution in [-0.4, -0.2) is 16.5 Å².